The number of Topliss-reactive ketones (excluding diaryl/α,β-unsaturated/α-hetero) is 1. The molecule has 0 amide bonds. The van der Waals surface area contributed by atoms with Crippen LogP contribution in [0.3, 0.4) is 0 Å². The standard InChI is InChI=1S/C12H12N4O3.C12H12N4O2.C10H8N4O3.C2H6/c1-3-8-9(12(18)19-4-2)15-10-7(5-13)6-14-16(10)11(8)17;1-3-8-10(9(17)4-2)15-11-7(5-13)6-14-16(11)12(8)18;1-2-6-7(10(16)17)13-8-5(3-11)4-12-14(8)9(6)15;1-2/h6,14H,3-4H2,1-2H3;6,14H,3-4H2,1-2H3;4,12H,2H2,1H3,(H,16,17);1-2H3. The number of hydrogen-bond acceptors (Lipinski definition) is 13. The molecule has 0 spiro atoms. The number of nitrogens with zero attached hydrogens (tertiary/aromatic N) is 9. The van der Waals surface area contributed by atoms with E-state index in [0.717, 1.165) is 9.03 Å². The van der Waals surface area contributed by atoms with Crippen molar-refractivity contribution in [1.29, 1.82) is 15.8 Å². The molecule has 0 aliphatic heterocycles. The number of aromatic carboxylic acids is 1. The van der Waals surface area contributed by atoms with Gasteiger partial charge >= 0.3 is 11.9 Å². The topological polar surface area (TPSA) is 303 Å². The first kappa shape index (κ1) is 42.8. The first-order valence-electron chi connectivity index (χ1n) is 17.4. The summed E-state index contributed by atoms with van der Waals surface area (Å²) >= 11 is 0. The van der Waals surface area contributed by atoms with Gasteiger partial charge in [0.2, 0.25) is 0 Å². The minimum Gasteiger partial charge on any atom is -0.476 e. The van der Waals surface area contributed by atoms with Crippen LogP contribution in [0.2, 0.25) is 0 Å². The molecule has 0 aromatic carbocycles. The van der Waals surface area contributed by atoms with E-state index in [1.807, 2.05) is 32.1 Å². The van der Waals surface area contributed by atoms with Crippen molar-refractivity contribution >= 4 is 34.7 Å². The van der Waals surface area contributed by atoms with E-state index in [-0.39, 0.29) is 92.6 Å². The maximum absolute atomic E-state index is 12.2. The normalized spacial score (nSPS) is 10.1. The first-order valence-corrected chi connectivity index (χ1v) is 17.4. The molecule has 0 fully saturated rings. The van der Waals surface area contributed by atoms with Gasteiger partial charge in [0.1, 0.15) is 40.6 Å². The summed E-state index contributed by atoms with van der Waals surface area (Å²) in [4.78, 5) is 83.0. The Morgan fingerprint density at radius 1 is 0.643 bits per heavy atom. The molecule has 0 bridgehead atoms. The lowest BCUT2D eigenvalue weighted by Gasteiger charge is -2.06. The summed E-state index contributed by atoms with van der Waals surface area (Å²) in [5, 5.41) is 43.5. The van der Waals surface area contributed by atoms with Crippen molar-refractivity contribution in [3.05, 3.63) is 100 Å². The number of esters is 1. The number of carbonyl (C=O) groups is 3. The molecule has 6 rings (SSSR count). The average molecular weight is 767 g/mol. The molecule has 56 heavy (non-hydrogen) atoms. The van der Waals surface area contributed by atoms with Crippen LogP contribution in [0.15, 0.2) is 33.0 Å². The van der Waals surface area contributed by atoms with Crippen LogP contribution in [0.1, 0.15) is 120 Å². The Morgan fingerprint density at radius 3 is 1.30 bits per heavy atom. The number of carboxylic acids is 1. The molecule has 0 aliphatic rings. The highest BCUT2D eigenvalue weighted by Crippen LogP contribution is 2.13. The third-order valence-electron chi connectivity index (χ3n) is 7.95. The van der Waals surface area contributed by atoms with Gasteiger partial charge in [0, 0.05) is 30.6 Å². The van der Waals surface area contributed by atoms with Crippen LogP contribution in [-0.2, 0) is 24.0 Å². The molecule has 4 N–H and O–H groups in total. The predicted octanol–water partition coefficient (Wildman–Crippen LogP) is 2.86. The largest absolute Gasteiger partial charge is 0.476 e. The number of ether oxygens (including phenoxy) is 1. The van der Waals surface area contributed by atoms with E-state index in [2.05, 4.69) is 30.2 Å². The second-order valence-corrected chi connectivity index (χ2v) is 11.0. The van der Waals surface area contributed by atoms with E-state index in [4.69, 9.17) is 25.6 Å². The van der Waals surface area contributed by atoms with E-state index < -0.39 is 23.1 Å². The zero-order valence-electron chi connectivity index (χ0n) is 31.6. The lowest BCUT2D eigenvalue weighted by molar-refractivity contribution is 0.0517. The zero-order chi connectivity index (χ0) is 41.9. The quantitative estimate of drug-likeness (QED) is 0.128. The lowest BCUT2D eigenvalue weighted by Crippen LogP contribution is -2.25. The third kappa shape index (κ3) is 8.12. The third-order valence-corrected chi connectivity index (χ3v) is 7.95. The van der Waals surface area contributed by atoms with Gasteiger partial charge in [0.15, 0.2) is 34.1 Å². The number of H-pyrrole nitrogens is 3. The predicted molar refractivity (Wildman–Crippen MR) is 199 cm³/mol. The van der Waals surface area contributed by atoms with E-state index in [0.29, 0.717) is 18.4 Å². The number of rotatable bonds is 8. The van der Waals surface area contributed by atoms with Gasteiger partial charge in [-0.3, -0.25) is 34.5 Å². The first-order chi connectivity index (χ1) is 26.9. The minimum atomic E-state index is -1.27. The number of carbonyl (C=O) groups excluding carboxylic acids is 2. The Bertz CT molecular complexity index is 2760. The molecule has 6 aromatic rings. The molecule has 6 heterocycles. The molecule has 0 radical (unpaired) electrons. The summed E-state index contributed by atoms with van der Waals surface area (Å²) in [6.45, 7) is 12.8. The van der Waals surface area contributed by atoms with Crippen molar-refractivity contribution in [3.63, 3.8) is 0 Å². The molecule has 0 saturated heterocycles. The average Bonchev–Trinajstić information content (AvgIpc) is 3.95. The molecule has 6 aromatic heterocycles. The van der Waals surface area contributed by atoms with Crippen LogP contribution >= 0.6 is 0 Å². The number of carboxylic acid groups (broad SMARTS) is 1. The number of aromatic amines is 3. The van der Waals surface area contributed by atoms with Crippen LogP contribution < -0.4 is 16.7 Å². The van der Waals surface area contributed by atoms with Crippen LogP contribution in [0.5, 0.6) is 0 Å². The summed E-state index contributed by atoms with van der Waals surface area (Å²) in [7, 11) is 0. The SMILES string of the molecule is CC.CCC(=O)c1nc2c(C#N)c[nH]n2c(=O)c1CC.CCOC(=O)c1nc2c(C#N)c[nH]n2c(=O)c1CC.CCc1c(C(=O)O)nc2c(C#N)c[nH]n2c1=O. The summed E-state index contributed by atoms with van der Waals surface area (Å²) in [5.41, 5.74) is 0.373. The number of nitriles is 3. The Balaban J connectivity index is 0.000000220. The van der Waals surface area contributed by atoms with E-state index >= 15 is 0 Å². The molecule has 0 aliphatic carbocycles. The fraction of sp³-hybridized carbons (Fsp3) is 0.333. The van der Waals surface area contributed by atoms with Crippen molar-refractivity contribution in [1.82, 2.24) is 43.8 Å². The van der Waals surface area contributed by atoms with Gasteiger partial charge in [0.25, 0.3) is 16.7 Å². The summed E-state index contributed by atoms with van der Waals surface area (Å²) < 4.78 is 8.31. The highest BCUT2D eigenvalue weighted by atomic mass is 16.5. The Morgan fingerprint density at radius 2 is 0.982 bits per heavy atom. The van der Waals surface area contributed by atoms with Gasteiger partial charge in [-0.2, -0.15) is 15.8 Å². The zero-order valence-corrected chi connectivity index (χ0v) is 31.6. The number of hydrogen-bond donors (Lipinski definition) is 4. The molecular weight excluding hydrogens is 728 g/mol. The van der Waals surface area contributed by atoms with Gasteiger partial charge in [-0.25, -0.2) is 38.1 Å². The van der Waals surface area contributed by atoms with Gasteiger partial charge < -0.3 is 9.84 Å². The fourth-order valence-corrected chi connectivity index (χ4v) is 5.30. The Labute approximate surface area is 317 Å². The van der Waals surface area contributed by atoms with Crippen LogP contribution in [0.4, 0.5) is 0 Å². The number of ketones is 1. The summed E-state index contributed by atoms with van der Waals surface area (Å²) in [6, 6.07) is 5.68. The number of fused-ring (bicyclic) bond motifs is 3. The second-order valence-electron chi connectivity index (χ2n) is 11.0. The molecule has 0 saturated carbocycles. The fourth-order valence-electron chi connectivity index (χ4n) is 5.30. The molecule has 20 heteroatoms. The number of aromatic nitrogens is 9. The van der Waals surface area contributed by atoms with Gasteiger partial charge in [-0.1, -0.05) is 41.5 Å². The summed E-state index contributed by atoms with van der Waals surface area (Å²) in [6.07, 6.45) is 5.41. The van der Waals surface area contributed by atoms with Gasteiger partial charge in [0.05, 0.1) is 17.7 Å². The van der Waals surface area contributed by atoms with Crippen molar-refractivity contribution in [2.24, 2.45) is 0 Å². The van der Waals surface area contributed by atoms with E-state index in [1.165, 1.54) is 23.1 Å². The molecule has 20 nitrogen and oxygen atoms in total. The summed E-state index contributed by atoms with van der Waals surface area (Å²) in [5.74, 6) is -2.10. The maximum atomic E-state index is 12.2. The monoisotopic (exact) mass is 766 g/mol. The van der Waals surface area contributed by atoms with E-state index in [1.54, 1.807) is 34.6 Å². The van der Waals surface area contributed by atoms with E-state index in [9.17, 15) is 28.8 Å². The van der Waals surface area contributed by atoms with Gasteiger partial charge in [-0.15, -0.1) is 0 Å². The minimum absolute atomic E-state index is 0.0227. The smallest absolute Gasteiger partial charge is 0.357 e. The Kier molecular flexibility index (Phi) is 14.4. The lowest BCUT2D eigenvalue weighted by atomic mass is 10.1. The number of nitrogens with one attached hydrogen (secondary N) is 3. The van der Waals surface area contributed by atoms with Crippen molar-refractivity contribution in [3.8, 4) is 18.2 Å². The molecular formula is C36H38N12O8. The van der Waals surface area contributed by atoms with Crippen LogP contribution in [0, 0.1) is 34.0 Å². The van der Waals surface area contributed by atoms with Crippen molar-refractivity contribution in [2.75, 3.05) is 6.61 Å². The van der Waals surface area contributed by atoms with Crippen molar-refractivity contribution in [2.45, 2.75) is 74.1 Å². The highest BCUT2D eigenvalue weighted by molar-refractivity contribution is 5.96. The molecule has 290 valence electrons. The van der Waals surface area contributed by atoms with Crippen LogP contribution in [-0.4, -0.2) is 73.2 Å². The molecule has 0 atom stereocenters. The maximum Gasteiger partial charge on any atom is 0.357 e. The van der Waals surface area contributed by atoms with Crippen LogP contribution in [0.25, 0.3) is 16.9 Å². The second kappa shape index (κ2) is 18.9. The Hall–Kier alpha value is -7.66. The van der Waals surface area contributed by atoms with Gasteiger partial charge in [-0.05, 0) is 26.2 Å². The van der Waals surface area contributed by atoms with Crippen molar-refractivity contribution < 1.29 is 24.2 Å². The molecule has 0 unspecified atom stereocenters. The highest BCUT2D eigenvalue weighted by Gasteiger charge is 2.22.